The van der Waals surface area contributed by atoms with Gasteiger partial charge in [-0.2, -0.15) is 0 Å². The molecule has 7 atom stereocenters. The molecule has 1 amide bonds. The van der Waals surface area contributed by atoms with Gasteiger partial charge in [-0.3, -0.25) is 4.79 Å². The number of nitrogens with zero attached hydrogens (tertiary/aromatic N) is 1. The molecule has 2 fully saturated rings. The Morgan fingerprint density at radius 1 is 1.33 bits per heavy atom. The fourth-order valence-corrected chi connectivity index (χ4v) is 5.94. The molecule has 3 heteroatoms. The van der Waals surface area contributed by atoms with E-state index in [0.29, 0.717) is 24.2 Å². The van der Waals surface area contributed by atoms with Gasteiger partial charge in [-0.25, -0.2) is 0 Å². The monoisotopic (exact) mass is 373 g/mol. The van der Waals surface area contributed by atoms with Crippen molar-refractivity contribution in [2.75, 3.05) is 14.1 Å². The fraction of sp³-hybridized carbons (Fsp3) is 0.792. The second-order valence-corrected chi connectivity index (χ2v) is 9.32. The van der Waals surface area contributed by atoms with Gasteiger partial charge in [-0.1, -0.05) is 39.3 Å². The van der Waals surface area contributed by atoms with Gasteiger partial charge in [0.15, 0.2) is 0 Å². The number of carbonyl (C=O) groups excluding carboxylic acids is 1. The second-order valence-electron chi connectivity index (χ2n) is 9.32. The first-order valence-corrected chi connectivity index (χ1v) is 10.8. The molecule has 2 aliphatic carbocycles. The van der Waals surface area contributed by atoms with E-state index in [1.54, 1.807) is 19.0 Å². The summed E-state index contributed by atoms with van der Waals surface area (Å²) >= 11 is 0. The van der Waals surface area contributed by atoms with Gasteiger partial charge in [-0.15, -0.1) is 12.3 Å². The van der Waals surface area contributed by atoms with Gasteiger partial charge < -0.3 is 10.0 Å². The van der Waals surface area contributed by atoms with E-state index in [1.807, 2.05) is 0 Å². The second kappa shape index (κ2) is 9.28. The molecule has 2 rings (SSSR count). The molecule has 0 aliphatic heterocycles. The lowest BCUT2D eigenvalue weighted by atomic mass is 9.62. The van der Waals surface area contributed by atoms with E-state index >= 15 is 0 Å². The van der Waals surface area contributed by atoms with Crippen LogP contribution in [-0.4, -0.2) is 36.1 Å². The van der Waals surface area contributed by atoms with Crippen molar-refractivity contribution in [2.24, 2.45) is 35.0 Å². The summed E-state index contributed by atoms with van der Waals surface area (Å²) in [7, 11) is 3.61. The number of fused-ring (bicyclic) bond motifs is 1. The molecule has 0 heterocycles. The third-order valence-corrected chi connectivity index (χ3v) is 7.54. The summed E-state index contributed by atoms with van der Waals surface area (Å²) in [6, 6.07) is 0. The minimum atomic E-state index is -0.137. The number of rotatable bonds is 7. The number of hydrogen-bond donors (Lipinski definition) is 1. The van der Waals surface area contributed by atoms with Crippen LogP contribution in [0.1, 0.15) is 65.7 Å². The molecule has 0 aromatic rings. The van der Waals surface area contributed by atoms with E-state index in [2.05, 4.69) is 38.8 Å². The largest absolute Gasteiger partial charge is 0.393 e. The highest BCUT2D eigenvalue weighted by molar-refractivity contribution is 5.79. The van der Waals surface area contributed by atoms with Crippen molar-refractivity contribution in [1.82, 2.24) is 4.90 Å². The highest BCUT2D eigenvalue weighted by Crippen LogP contribution is 2.57. The Balaban J connectivity index is 2.12. The maximum absolute atomic E-state index is 12.6. The van der Waals surface area contributed by atoms with Crippen LogP contribution in [0, 0.1) is 47.3 Å². The zero-order chi connectivity index (χ0) is 20.2. The standard InChI is InChI=1S/C24H39NO2/c1-7-10-19(23(27)25(5)6)18(8-2)13-12-17(3)20-14-15-21-22(26)11-9-16-24(20,21)4/h1,12-13,17-22,26H,8-11,14-16H2,2-6H3/b13-12+/t17?,18?,19?,20?,21?,22?,24-/m1/s1. The SMILES string of the molecule is C#CCC(C(=O)N(C)C)C(/C=C/C(C)C1CCC2C(O)CCC[C@]12C)CC. The number of terminal acetylenes is 1. The molecule has 0 saturated heterocycles. The molecule has 2 saturated carbocycles. The maximum Gasteiger partial charge on any atom is 0.226 e. The van der Waals surface area contributed by atoms with E-state index in [9.17, 15) is 9.90 Å². The zero-order valence-electron chi connectivity index (χ0n) is 17.9. The Hall–Kier alpha value is -1.27. The molecular formula is C24H39NO2. The van der Waals surface area contributed by atoms with Gasteiger partial charge in [0.25, 0.3) is 0 Å². The lowest BCUT2D eigenvalue weighted by Crippen LogP contribution is -2.41. The molecule has 0 spiro atoms. The Labute approximate surface area is 166 Å². The number of allylic oxidation sites excluding steroid dienone is 2. The van der Waals surface area contributed by atoms with Crippen molar-refractivity contribution in [3.05, 3.63) is 12.2 Å². The summed E-state index contributed by atoms with van der Waals surface area (Å²) in [5.41, 5.74) is 0.251. The van der Waals surface area contributed by atoms with Crippen LogP contribution in [0.5, 0.6) is 0 Å². The van der Waals surface area contributed by atoms with Crippen molar-refractivity contribution >= 4 is 5.91 Å². The summed E-state index contributed by atoms with van der Waals surface area (Å²) in [5, 5.41) is 10.5. The molecule has 152 valence electrons. The van der Waals surface area contributed by atoms with Crippen LogP contribution < -0.4 is 0 Å². The molecule has 6 unspecified atom stereocenters. The average Bonchev–Trinajstić information content (AvgIpc) is 2.98. The van der Waals surface area contributed by atoms with E-state index in [1.165, 1.54) is 12.8 Å². The Morgan fingerprint density at radius 3 is 2.63 bits per heavy atom. The van der Waals surface area contributed by atoms with E-state index in [0.717, 1.165) is 25.7 Å². The number of amides is 1. The Morgan fingerprint density at radius 2 is 2.04 bits per heavy atom. The minimum absolute atomic E-state index is 0.119. The van der Waals surface area contributed by atoms with Crippen LogP contribution >= 0.6 is 0 Å². The third-order valence-electron chi connectivity index (χ3n) is 7.54. The van der Waals surface area contributed by atoms with Crippen LogP contribution in [0.4, 0.5) is 0 Å². The lowest BCUT2D eigenvalue weighted by Gasteiger charge is -2.44. The first kappa shape index (κ1) is 22.0. The Kier molecular flexibility index (Phi) is 7.57. The number of aliphatic hydroxyl groups is 1. The summed E-state index contributed by atoms with van der Waals surface area (Å²) in [4.78, 5) is 14.2. The molecule has 27 heavy (non-hydrogen) atoms. The molecule has 2 aliphatic rings. The summed E-state index contributed by atoms with van der Waals surface area (Å²) in [6.45, 7) is 6.85. The fourth-order valence-electron chi connectivity index (χ4n) is 5.94. The number of aliphatic hydroxyl groups excluding tert-OH is 1. The van der Waals surface area contributed by atoms with Crippen LogP contribution in [-0.2, 0) is 4.79 Å². The van der Waals surface area contributed by atoms with Gasteiger partial charge in [0.05, 0.1) is 12.0 Å². The maximum atomic E-state index is 12.6. The van der Waals surface area contributed by atoms with Crippen LogP contribution in [0.25, 0.3) is 0 Å². The van der Waals surface area contributed by atoms with Crippen LogP contribution in [0.2, 0.25) is 0 Å². The Bertz CT molecular complexity index is 575. The van der Waals surface area contributed by atoms with Gasteiger partial charge in [0.2, 0.25) is 5.91 Å². The highest BCUT2D eigenvalue weighted by Gasteiger charge is 2.51. The van der Waals surface area contributed by atoms with E-state index < -0.39 is 0 Å². The third kappa shape index (κ3) is 4.60. The first-order valence-electron chi connectivity index (χ1n) is 10.8. The van der Waals surface area contributed by atoms with E-state index in [-0.39, 0.29) is 29.3 Å². The van der Waals surface area contributed by atoms with Crippen molar-refractivity contribution < 1.29 is 9.90 Å². The molecule has 0 aromatic heterocycles. The predicted molar refractivity (Wildman–Crippen MR) is 112 cm³/mol. The van der Waals surface area contributed by atoms with Gasteiger partial charge in [0, 0.05) is 20.5 Å². The highest BCUT2D eigenvalue weighted by atomic mass is 16.3. The van der Waals surface area contributed by atoms with Gasteiger partial charge >= 0.3 is 0 Å². The van der Waals surface area contributed by atoms with E-state index in [4.69, 9.17) is 6.42 Å². The lowest BCUT2D eigenvalue weighted by molar-refractivity contribution is -0.134. The van der Waals surface area contributed by atoms with Gasteiger partial charge in [0.1, 0.15) is 0 Å². The van der Waals surface area contributed by atoms with Gasteiger partial charge in [-0.05, 0) is 61.2 Å². The van der Waals surface area contributed by atoms with Crippen LogP contribution in [0.3, 0.4) is 0 Å². The molecule has 1 N–H and O–H groups in total. The van der Waals surface area contributed by atoms with Crippen molar-refractivity contribution in [3.63, 3.8) is 0 Å². The van der Waals surface area contributed by atoms with Crippen molar-refractivity contribution in [3.8, 4) is 12.3 Å². The smallest absolute Gasteiger partial charge is 0.226 e. The molecular weight excluding hydrogens is 334 g/mol. The number of hydrogen-bond acceptors (Lipinski definition) is 2. The first-order chi connectivity index (χ1) is 12.8. The molecule has 0 radical (unpaired) electrons. The average molecular weight is 374 g/mol. The summed E-state index contributed by atoms with van der Waals surface area (Å²) in [5.74, 6) is 4.40. The summed E-state index contributed by atoms with van der Waals surface area (Å²) < 4.78 is 0. The topological polar surface area (TPSA) is 40.5 Å². The molecule has 0 aromatic carbocycles. The number of carbonyl (C=O) groups is 1. The van der Waals surface area contributed by atoms with Crippen LogP contribution in [0.15, 0.2) is 12.2 Å². The predicted octanol–water partition coefficient (Wildman–Crippen LogP) is 4.51. The zero-order valence-corrected chi connectivity index (χ0v) is 17.9. The molecule has 0 bridgehead atoms. The van der Waals surface area contributed by atoms with Crippen molar-refractivity contribution in [2.45, 2.75) is 71.8 Å². The quantitative estimate of drug-likeness (QED) is 0.527. The summed E-state index contributed by atoms with van der Waals surface area (Å²) in [6.07, 6.45) is 17.1. The molecule has 3 nitrogen and oxygen atoms in total. The normalized spacial score (nSPS) is 33.9. The van der Waals surface area contributed by atoms with Crippen molar-refractivity contribution in [1.29, 1.82) is 0 Å². The minimum Gasteiger partial charge on any atom is -0.393 e.